The van der Waals surface area contributed by atoms with Crippen LogP contribution in [0, 0.1) is 5.41 Å². The number of anilines is 1. The summed E-state index contributed by atoms with van der Waals surface area (Å²) in [5, 5.41) is 7.57. The lowest BCUT2D eigenvalue weighted by molar-refractivity contribution is -0.125. The number of methoxy groups -OCH3 is 1. The molecular weight excluding hydrogens is 352 g/mol. The van der Waals surface area contributed by atoms with Crippen molar-refractivity contribution < 1.29 is 9.53 Å². The van der Waals surface area contributed by atoms with Gasteiger partial charge < -0.3 is 10.1 Å². The highest BCUT2D eigenvalue weighted by Gasteiger charge is 2.49. The first kappa shape index (κ1) is 16.3. The summed E-state index contributed by atoms with van der Waals surface area (Å²) in [6.07, 6.45) is 2.40. The summed E-state index contributed by atoms with van der Waals surface area (Å²) in [7, 11) is 1.67. The maximum atomic E-state index is 13.2. The number of carbonyl (C=O) groups excluding carboxylic acids is 1. The second-order valence-electron chi connectivity index (χ2n) is 6.40. The van der Waals surface area contributed by atoms with Gasteiger partial charge in [0.15, 0.2) is 5.13 Å². The summed E-state index contributed by atoms with van der Waals surface area (Å²) in [6, 6.07) is 10.3. The van der Waals surface area contributed by atoms with Crippen LogP contribution in [0.25, 0.3) is 0 Å². The van der Waals surface area contributed by atoms with Gasteiger partial charge in [-0.15, -0.1) is 22.7 Å². The molecule has 0 bridgehead atoms. The van der Waals surface area contributed by atoms with Gasteiger partial charge in [0.2, 0.25) is 5.91 Å². The van der Waals surface area contributed by atoms with E-state index in [1.54, 1.807) is 24.6 Å². The average Bonchev–Trinajstić information content (AvgIpc) is 3.33. The molecule has 0 aliphatic heterocycles. The first-order chi connectivity index (χ1) is 12.1. The van der Waals surface area contributed by atoms with Gasteiger partial charge in [-0.1, -0.05) is 12.1 Å². The third-order valence-electron chi connectivity index (χ3n) is 4.86. The van der Waals surface area contributed by atoms with Crippen LogP contribution in [0.5, 0.6) is 5.75 Å². The Hall–Kier alpha value is -2.18. The van der Waals surface area contributed by atoms with Crippen molar-refractivity contribution in [3.8, 4) is 5.75 Å². The van der Waals surface area contributed by atoms with Crippen molar-refractivity contribution in [3.05, 3.63) is 63.3 Å². The molecule has 25 heavy (non-hydrogen) atoms. The van der Waals surface area contributed by atoms with Crippen molar-refractivity contribution >= 4 is 33.7 Å². The molecule has 1 aromatic carbocycles. The number of carbonyl (C=O) groups is 1. The molecule has 4 rings (SSSR count). The normalized spacial score (nSPS) is 21.8. The number of hydrogen-bond donors (Lipinski definition) is 1. The van der Waals surface area contributed by atoms with E-state index < -0.39 is 5.41 Å². The zero-order chi connectivity index (χ0) is 17.4. The summed E-state index contributed by atoms with van der Waals surface area (Å²) >= 11 is 3.13. The van der Waals surface area contributed by atoms with E-state index in [2.05, 4.69) is 33.9 Å². The lowest BCUT2D eigenvalue weighted by atomic mass is 9.76. The summed E-state index contributed by atoms with van der Waals surface area (Å²) in [5.41, 5.74) is 1.82. The number of ether oxygens (including phenoxy) is 1. The molecule has 6 heteroatoms. The van der Waals surface area contributed by atoms with Gasteiger partial charge in [-0.2, -0.15) is 0 Å². The third kappa shape index (κ3) is 2.75. The molecule has 1 N–H and O–H groups in total. The van der Waals surface area contributed by atoms with Crippen LogP contribution >= 0.6 is 22.7 Å². The van der Waals surface area contributed by atoms with Gasteiger partial charge >= 0.3 is 0 Å². The Morgan fingerprint density at radius 3 is 2.88 bits per heavy atom. The summed E-state index contributed by atoms with van der Waals surface area (Å²) < 4.78 is 5.41. The van der Waals surface area contributed by atoms with Crippen LogP contribution in [0.2, 0.25) is 0 Å². The lowest BCUT2D eigenvalue weighted by Crippen LogP contribution is -2.37. The zero-order valence-electron chi connectivity index (χ0n) is 14.0. The zero-order valence-corrected chi connectivity index (χ0v) is 15.6. The molecule has 0 radical (unpaired) electrons. The predicted molar refractivity (Wildman–Crippen MR) is 102 cm³/mol. The molecule has 2 aromatic heterocycles. The molecule has 2 heterocycles. The van der Waals surface area contributed by atoms with Crippen molar-refractivity contribution in [3.63, 3.8) is 0 Å². The first-order valence-corrected chi connectivity index (χ1v) is 9.79. The van der Waals surface area contributed by atoms with Crippen molar-refractivity contribution in [1.29, 1.82) is 0 Å². The van der Waals surface area contributed by atoms with Gasteiger partial charge in [0, 0.05) is 22.4 Å². The summed E-state index contributed by atoms with van der Waals surface area (Å²) in [6.45, 7) is 2.05. The largest absolute Gasteiger partial charge is 0.497 e. The fourth-order valence-electron chi connectivity index (χ4n) is 3.63. The number of fused-ring (bicyclic) bond motifs is 1. The Morgan fingerprint density at radius 1 is 1.32 bits per heavy atom. The minimum atomic E-state index is -0.564. The Labute approximate surface area is 154 Å². The number of amides is 1. The van der Waals surface area contributed by atoms with Gasteiger partial charge in [-0.25, -0.2) is 4.98 Å². The van der Waals surface area contributed by atoms with Gasteiger partial charge in [0.05, 0.1) is 12.5 Å². The third-order valence-corrected chi connectivity index (χ3v) is 6.48. The number of hydrogen-bond acceptors (Lipinski definition) is 5. The van der Waals surface area contributed by atoms with Crippen LogP contribution in [0.3, 0.4) is 0 Å². The highest BCUT2D eigenvalue weighted by molar-refractivity contribution is 7.13. The summed E-state index contributed by atoms with van der Waals surface area (Å²) in [4.78, 5) is 18.6. The van der Waals surface area contributed by atoms with Crippen molar-refractivity contribution in [2.75, 3.05) is 12.4 Å². The Balaban J connectivity index is 1.77. The standard InChI is InChI=1S/C19H18N2O2S2/c1-19(17(22)21-18-20-7-9-25-18)11-12-5-6-13(23-2)10-14(12)16(19)15-4-3-8-24-15/h3-10,16H,11H2,1-2H3,(H,20,21,22)/t16-,19+/m1/s1. The minimum absolute atomic E-state index is 0.0102. The fraction of sp³-hybridized carbons (Fsp3) is 0.263. The van der Waals surface area contributed by atoms with Gasteiger partial charge in [0.25, 0.3) is 0 Å². The van der Waals surface area contributed by atoms with Crippen molar-refractivity contribution in [2.24, 2.45) is 5.41 Å². The van der Waals surface area contributed by atoms with Crippen LogP contribution in [0.15, 0.2) is 47.3 Å². The molecule has 1 aliphatic carbocycles. The van der Waals surface area contributed by atoms with E-state index in [9.17, 15) is 4.79 Å². The number of nitrogens with one attached hydrogen (secondary N) is 1. The fourth-order valence-corrected chi connectivity index (χ4v) is 5.15. The van der Waals surface area contributed by atoms with E-state index in [1.165, 1.54) is 27.3 Å². The van der Waals surface area contributed by atoms with E-state index >= 15 is 0 Å². The molecule has 2 atom stereocenters. The number of thiophene rings is 1. The molecule has 4 nitrogen and oxygen atoms in total. The topological polar surface area (TPSA) is 51.2 Å². The molecule has 0 unspecified atom stereocenters. The van der Waals surface area contributed by atoms with Crippen molar-refractivity contribution in [2.45, 2.75) is 19.3 Å². The maximum absolute atomic E-state index is 13.2. The van der Waals surface area contributed by atoms with Gasteiger partial charge in [-0.05, 0) is 48.1 Å². The van der Waals surface area contributed by atoms with Gasteiger partial charge in [-0.3, -0.25) is 4.79 Å². The minimum Gasteiger partial charge on any atom is -0.497 e. The van der Waals surface area contributed by atoms with E-state index in [4.69, 9.17) is 4.74 Å². The first-order valence-electron chi connectivity index (χ1n) is 8.03. The van der Waals surface area contributed by atoms with Crippen LogP contribution in [-0.4, -0.2) is 18.0 Å². The Bertz CT molecular complexity index is 890. The molecular formula is C19H18N2O2S2. The predicted octanol–water partition coefficient (Wildman–Crippen LogP) is 4.55. The SMILES string of the molecule is COc1ccc2c(c1)[C@H](c1cccs1)[C@@](C)(C(=O)Nc1nccs1)C2. The second kappa shape index (κ2) is 6.28. The quantitative estimate of drug-likeness (QED) is 0.733. The molecule has 1 aliphatic rings. The molecule has 128 valence electrons. The van der Waals surface area contributed by atoms with Crippen LogP contribution in [0.4, 0.5) is 5.13 Å². The smallest absolute Gasteiger partial charge is 0.233 e. The highest BCUT2D eigenvalue weighted by atomic mass is 32.1. The van der Waals surface area contributed by atoms with E-state index in [1.807, 2.05) is 24.4 Å². The molecule has 3 aromatic rings. The second-order valence-corrected chi connectivity index (χ2v) is 8.27. The van der Waals surface area contributed by atoms with E-state index in [0.717, 1.165) is 5.75 Å². The summed E-state index contributed by atoms with van der Waals surface area (Å²) in [5.74, 6) is 0.846. The molecule has 1 amide bonds. The van der Waals surface area contributed by atoms with E-state index in [-0.39, 0.29) is 11.8 Å². The number of rotatable bonds is 4. The molecule has 0 saturated heterocycles. The van der Waals surface area contributed by atoms with Crippen LogP contribution in [0.1, 0.15) is 28.8 Å². The van der Waals surface area contributed by atoms with E-state index in [0.29, 0.717) is 11.6 Å². The Kier molecular flexibility index (Phi) is 4.09. The van der Waals surface area contributed by atoms with Crippen LogP contribution in [-0.2, 0) is 11.2 Å². The maximum Gasteiger partial charge on any atom is 0.233 e. The number of nitrogens with zero attached hydrogens (tertiary/aromatic N) is 1. The number of benzene rings is 1. The molecule has 0 spiro atoms. The van der Waals surface area contributed by atoms with Crippen molar-refractivity contribution in [1.82, 2.24) is 4.98 Å². The Morgan fingerprint density at radius 2 is 2.20 bits per heavy atom. The van der Waals surface area contributed by atoms with Gasteiger partial charge in [0.1, 0.15) is 5.75 Å². The number of thiazole rings is 1. The highest BCUT2D eigenvalue weighted by Crippen LogP contribution is 2.53. The monoisotopic (exact) mass is 370 g/mol. The average molecular weight is 370 g/mol. The lowest BCUT2D eigenvalue weighted by Gasteiger charge is -2.29. The number of aromatic nitrogens is 1. The molecule has 0 fully saturated rings. The van der Waals surface area contributed by atoms with Crippen LogP contribution < -0.4 is 10.1 Å². The molecule has 0 saturated carbocycles.